The molecule has 0 bridgehead atoms. The topological polar surface area (TPSA) is 111 Å². The van der Waals surface area contributed by atoms with Gasteiger partial charge >= 0.3 is 6.03 Å². The predicted molar refractivity (Wildman–Crippen MR) is 90.9 cm³/mol. The van der Waals surface area contributed by atoms with Gasteiger partial charge in [-0.05, 0) is 12.1 Å². The molecule has 3 amide bonds. The van der Waals surface area contributed by atoms with Gasteiger partial charge in [-0.15, -0.1) is 5.10 Å². The third-order valence-corrected chi connectivity index (χ3v) is 3.13. The van der Waals surface area contributed by atoms with Crippen LogP contribution in [0, 0.1) is 0 Å². The van der Waals surface area contributed by atoms with Gasteiger partial charge in [0.15, 0.2) is 17.3 Å². The number of carbonyl (C=O) groups excluding carboxylic acids is 2. The lowest BCUT2D eigenvalue weighted by atomic mass is 10.2. The van der Waals surface area contributed by atoms with Crippen LogP contribution in [0.2, 0.25) is 0 Å². The van der Waals surface area contributed by atoms with Crippen LogP contribution in [0.1, 0.15) is 0 Å². The van der Waals surface area contributed by atoms with Crippen LogP contribution in [0.15, 0.2) is 24.4 Å². The number of urea groups is 1. The molecule has 0 aliphatic carbocycles. The number of ether oxygens (including phenoxy) is 2. The monoisotopic (exact) mass is 348 g/mol. The van der Waals surface area contributed by atoms with Crippen LogP contribution in [-0.2, 0) is 11.3 Å². The maximum absolute atomic E-state index is 12.1. The molecule has 2 N–H and O–H groups in total. The summed E-state index contributed by atoms with van der Waals surface area (Å²) in [7, 11) is 6.26. The number of amides is 3. The lowest BCUT2D eigenvalue weighted by Gasteiger charge is -2.10. The van der Waals surface area contributed by atoms with Gasteiger partial charge in [0.25, 0.3) is 0 Å². The number of hydrogen-bond acceptors (Lipinski definition) is 6. The van der Waals surface area contributed by atoms with Crippen molar-refractivity contribution in [3.63, 3.8) is 0 Å². The number of nitrogens with one attached hydrogen (secondary N) is 2. The van der Waals surface area contributed by atoms with Gasteiger partial charge in [-0.1, -0.05) is 0 Å². The molecule has 0 aliphatic rings. The van der Waals surface area contributed by atoms with Crippen molar-refractivity contribution < 1.29 is 19.1 Å². The fourth-order valence-corrected chi connectivity index (χ4v) is 1.90. The normalized spacial score (nSPS) is 10.1. The van der Waals surface area contributed by atoms with Gasteiger partial charge in [0.1, 0.15) is 6.54 Å². The van der Waals surface area contributed by atoms with Crippen LogP contribution in [0.3, 0.4) is 0 Å². The highest BCUT2D eigenvalue weighted by molar-refractivity contribution is 5.91. The van der Waals surface area contributed by atoms with Crippen molar-refractivity contribution in [3.8, 4) is 11.5 Å². The first-order valence-corrected chi connectivity index (χ1v) is 7.33. The predicted octanol–water partition coefficient (Wildman–Crippen LogP) is 1.03. The highest BCUT2D eigenvalue weighted by Gasteiger charge is 2.11. The Labute approximate surface area is 144 Å². The summed E-state index contributed by atoms with van der Waals surface area (Å²) >= 11 is 0. The van der Waals surface area contributed by atoms with Gasteiger partial charge in [0, 0.05) is 25.8 Å². The van der Waals surface area contributed by atoms with Crippen LogP contribution in [0.4, 0.5) is 16.3 Å². The number of nitrogens with zero attached hydrogens (tertiary/aromatic N) is 4. The van der Waals surface area contributed by atoms with E-state index in [0.29, 0.717) is 17.2 Å². The molecule has 1 aromatic carbocycles. The first-order valence-electron chi connectivity index (χ1n) is 7.33. The second-order valence-corrected chi connectivity index (χ2v) is 5.20. The van der Waals surface area contributed by atoms with Crippen molar-refractivity contribution in [1.29, 1.82) is 0 Å². The largest absolute Gasteiger partial charge is 0.493 e. The second kappa shape index (κ2) is 7.99. The number of anilines is 2. The van der Waals surface area contributed by atoms with Crippen LogP contribution in [0.25, 0.3) is 0 Å². The molecule has 0 radical (unpaired) electrons. The van der Waals surface area contributed by atoms with Crippen molar-refractivity contribution in [2.75, 3.05) is 38.9 Å². The van der Waals surface area contributed by atoms with E-state index in [2.05, 4.69) is 20.8 Å². The van der Waals surface area contributed by atoms with E-state index in [1.54, 1.807) is 32.3 Å². The summed E-state index contributed by atoms with van der Waals surface area (Å²) in [5.74, 6) is 1.01. The molecular weight excluding hydrogens is 328 g/mol. The molecule has 0 saturated heterocycles. The third-order valence-electron chi connectivity index (χ3n) is 3.13. The van der Waals surface area contributed by atoms with Crippen molar-refractivity contribution in [1.82, 2.24) is 19.9 Å². The molecule has 0 atom stereocenters. The Balaban J connectivity index is 1.96. The SMILES string of the molecule is COc1ccc(NC(=O)Cn2ncc(NC(=O)N(C)C)n2)cc1OC. The molecule has 10 nitrogen and oxygen atoms in total. The first-order chi connectivity index (χ1) is 11.9. The maximum Gasteiger partial charge on any atom is 0.322 e. The molecule has 0 aliphatic heterocycles. The van der Waals surface area contributed by atoms with Crippen LogP contribution >= 0.6 is 0 Å². The molecule has 10 heteroatoms. The van der Waals surface area contributed by atoms with Crippen molar-refractivity contribution in [2.24, 2.45) is 0 Å². The molecule has 134 valence electrons. The van der Waals surface area contributed by atoms with E-state index in [0.717, 1.165) is 0 Å². The van der Waals surface area contributed by atoms with E-state index in [9.17, 15) is 9.59 Å². The Bertz CT molecular complexity index is 758. The van der Waals surface area contributed by atoms with Crippen molar-refractivity contribution >= 4 is 23.4 Å². The average molecular weight is 348 g/mol. The minimum atomic E-state index is -0.332. The fraction of sp³-hybridized carbons (Fsp3) is 0.333. The van der Waals surface area contributed by atoms with E-state index in [1.807, 2.05) is 0 Å². The lowest BCUT2D eigenvalue weighted by Crippen LogP contribution is -2.27. The molecule has 0 unspecified atom stereocenters. The van der Waals surface area contributed by atoms with E-state index in [-0.39, 0.29) is 24.3 Å². The molecule has 1 heterocycles. The molecular formula is C15H20N6O4. The Hall–Kier alpha value is -3.30. The smallest absolute Gasteiger partial charge is 0.322 e. The van der Waals surface area contributed by atoms with Gasteiger partial charge in [-0.3, -0.25) is 10.1 Å². The Morgan fingerprint density at radius 1 is 1.16 bits per heavy atom. The van der Waals surface area contributed by atoms with Crippen LogP contribution in [-0.4, -0.2) is 60.1 Å². The summed E-state index contributed by atoms with van der Waals surface area (Å²) in [4.78, 5) is 26.2. The zero-order chi connectivity index (χ0) is 18.4. The summed E-state index contributed by atoms with van der Waals surface area (Å²) < 4.78 is 10.3. The van der Waals surface area contributed by atoms with Gasteiger partial charge < -0.3 is 19.7 Å². The van der Waals surface area contributed by atoms with Gasteiger partial charge in [-0.2, -0.15) is 9.90 Å². The highest BCUT2D eigenvalue weighted by atomic mass is 16.5. The number of rotatable bonds is 6. The van der Waals surface area contributed by atoms with E-state index >= 15 is 0 Å². The third kappa shape index (κ3) is 4.83. The maximum atomic E-state index is 12.1. The summed E-state index contributed by atoms with van der Waals surface area (Å²) in [5, 5.41) is 13.2. The van der Waals surface area contributed by atoms with E-state index < -0.39 is 0 Å². The molecule has 0 fully saturated rings. The molecule has 0 spiro atoms. The minimum Gasteiger partial charge on any atom is -0.493 e. The van der Waals surface area contributed by atoms with E-state index in [1.165, 1.54) is 30.1 Å². The van der Waals surface area contributed by atoms with Crippen LogP contribution < -0.4 is 20.1 Å². The Kier molecular flexibility index (Phi) is 5.77. The van der Waals surface area contributed by atoms with Crippen LogP contribution in [0.5, 0.6) is 11.5 Å². The summed E-state index contributed by atoms with van der Waals surface area (Å²) in [6.45, 7) is -0.105. The zero-order valence-corrected chi connectivity index (χ0v) is 14.4. The second-order valence-electron chi connectivity index (χ2n) is 5.20. The molecule has 25 heavy (non-hydrogen) atoms. The van der Waals surface area contributed by atoms with Crippen molar-refractivity contribution in [2.45, 2.75) is 6.54 Å². The molecule has 0 saturated carbocycles. The standard InChI is InChI=1S/C15H20N6O4/c1-20(2)15(23)18-13-8-16-21(19-13)9-14(22)17-10-5-6-11(24-3)12(7-10)25-4/h5-8H,9H2,1-4H3,(H,17,22)(H,18,19,23). The quantitative estimate of drug-likeness (QED) is 0.807. The Morgan fingerprint density at radius 3 is 2.52 bits per heavy atom. The zero-order valence-electron chi connectivity index (χ0n) is 14.4. The minimum absolute atomic E-state index is 0.105. The van der Waals surface area contributed by atoms with Crippen molar-refractivity contribution in [3.05, 3.63) is 24.4 Å². The first kappa shape index (κ1) is 18.0. The van der Waals surface area contributed by atoms with Gasteiger partial charge in [0.05, 0.1) is 20.4 Å². The summed E-state index contributed by atoms with van der Waals surface area (Å²) in [6, 6.07) is 4.70. The summed E-state index contributed by atoms with van der Waals surface area (Å²) in [6.07, 6.45) is 1.37. The highest BCUT2D eigenvalue weighted by Crippen LogP contribution is 2.29. The number of aromatic nitrogens is 3. The molecule has 2 rings (SSSR count). The number of carbonyl (C=O) groups is 2. The number of hydrogen-bond donors (Lipinski definition) is 2. The van der Waals surface area contributed by atoms with E-state index in [4.69, 9.17) is 9.47 Å². The molecule has 2 aromatic rings. The van der Waals surface area contributed by atoms with Gasteiger partial charge in [-0.25, -0.2) is 4.79 Å². The average Bonchev–Trinajstić information content (AvgIpc) is 3.01. The number of methoxy groups -OCH3 is 2. The summed E-state index contributed by atoms with van der Waals surface area (Å²) in [5.41, 5.74) is 0.552. The Morgan fingerprint density at radius 2 is 1.88 bits per heavy atom. The number of benzene rings is 1. The fourth-order valence-electron chi connectivity index (χ4n) is 1.90. The lowest BCUT2D eigenvalue weighted by molar-refractivity contribution is -0.117. The molecule has 1 aromatic heterocycles. The van der Waals surface area contributed by atoms with Gasteiger partial charge in [0.2, 0.25) is 5.91 Å².